The summed E-state index contributed by atoms with van der Waals surface area (Å²) in [5.74, 6) is -2.31. The first-order chi connectivity index (χ1) is 6.06. The summed E-state index contributed by atoms with van der Waals surface area (Å²) in [6.45, 7) is -0.579. The summed E-state index contributed by atoms with van der Waals surface area (Å²) in [5, 5.41) is 26.1. The van der Waals surface area contributed by atoms with E-state index in [-0.39, 0.29) is 11.0 Å². The Morgan fingerprint density at radius 3 is 2.15 bits per heavy atom. The lowest BCUT2D eigenvalue weighted by atomic mass is 9.77. The molecule has 0 aromatic heterocycles. The molecule has 1 rings (SSSR count). The highest BCUT2D eigenvalue weighted by Crippen LogP contribution is 2.07. The lowest BCUT2D eigenvalue weighted by molar-refractivity contribution is 0.281. The van der Waals surface area contributed by atoms with Crippen LogP contribution in [0.5, 0.6) is 0 Å². The van der Waals surface area contributed by atoms with Crippen molar-refractivity contribution in [2.24, 2.45) is 0 Å². The van der Waals surface area contributed by atoms with Crippen molar-refractivity contribution in [3.05, 3.63) is 29.3 Å². The Hall–Kier alpha value is -0.975. The Bertz CT molecular complexity index is 317. The molecule has 0 amide bonds. The van der Waals surface area contributed by atoms with E-state index in [4.69, 9.17) is 15.2 Å². The third-order valence-corrected chi connectivity index (χ3v) is 1.63. The first-order valence-corrected chi connectivity index (χ1v) is 3.51. The number of halogens is 2. The Balaban J connectivity index is 3.25. The van der Waals surface area contributed by atoms with Crippen LogP contribution in [0.2, 0.25) is 0 Å². The van der Waals surface area contributed by atoms with E-state index in [1.807, 2.05) is 0 Å². The Kier molecular flexibility index (Phi) is 2.97. The van der Waals surface area contributed by atoms with Crippen LogP contribution >= 0.6 is 0 Å². The van der Waals surface area contributed by atoms with E-state index >= 15 is 0 Å². The molecule has 0 atom stereocenters. The average Bonchev–Trinajstić information content (AvgIpc) is 2.08. The summed E-state index contributed by atoms with van der Waals surface area (Å²) in [6, 6.07) is 1.37. The Morgan fingerprint density at radius 2 is 1.69 bits per heavy atom. The number of benzene rings is 1. The molecule has 0 aliphatic rings. The van der Waals surface area contributed by atoms with Gasteiger partial charge in [0.25, 0.3) is 0 Å². The van der Waals surface area contributed by atoms with Gasteiger partial charge in [-0.25, -0.2) is 8.78 Å². The molecule has 0 bridgehead atoms. The third kappa shape index (κ3) is 2.03. The highest BCUT2D eigenvalue weighted by Gasteiger charge is 2.18. The van der Waals surface area contributed by atoms with Gasteiger partial charge in [-0.05, 0) is 23.2 Å². The molecule has 0 aliphatic heterocycles. The second-order valence-electron chi connectivity index (χ2n) is 2.50. The molecular weight excluding hydrogens is 181 g/mol. The molecule has 1 aromatic rings. The van der Waals surface area contributed by atoms with Gasteiger partial charge in [-0.3, -0.25) is 0 Å². The summed E-state index contributed by atoms with van der Waals surface area (Å²) in [6.07, 6.45) is 0. The minimum Gasteiger partial charge on any atom is -0.423 e. The van der Waals surface area contributed by atoms with Crippen molar-refractivity contribution in [3.63, 3.8) is 0 Å². The smallest absolute Gasteiger partial charge is 0.423 e. The zero-order valence-electron chi connectivity index (χ0n) is 6.54. The summed E-state index contributed by atoms with van der Waals surface area (Å²) >= 11 is 0. The van der Waals surface area contributed by atoms with Crippen LogP contribution in [0, 0.1) is 11.6 Å². The van der Waals surface area contributed by atoms with Crippen LogP contribution in [0.3, 0.4) is 0 Å². The number of rotatable bonds is 2. The molecular formula is C7H7BF2O3. The lowest BCUT2D eigenvalue weighted by Gasteiger charge is -2.06. The fourth-order valence-electron chi connectivity index (χ4n) is 0.981. The number of aliphatic hydroxyl groups is 1. The third-order valence-electron chi connectivity index (χ3n) is 1.63. The van der Waals surface area contributed by atoms with Crippen molar-refractivity contribution >= 4 is 12.6 Å². The SMILES string of the molecule is OCc1cc(F)c(F)cc1B(O)O. The van der Waals surface area contributed by atoms with Crippen LogP contribution in [-0.4, -0.2) is 22.3 Å². The molecule has 6 heteroatoms. The van der Waals surface area contributed by atoms with Crippen LogP contribution in [0.25, 0.3) is 0 Å². The fourth-order valence-corrected chi connectivity index (χ4v) is 0.981. The van der Waals surface area contributed by atoms with E-state index in [1.165, 1.54) is 0 Å². The highest BCUT2D eigenvalue weighted by molar-refractivity contribution is 6.59. The van der Waals surface area contributed by atoms with Gasteiger partial charge in [0.1, 0.15) is 0 Å². The van der Waals surface area contributed by atoms with Gasteiger partial charge in [0.15, 0.2) is 11.6 Å². The molecule has 1 aromatic carbocycles. The van der Waals surface area contributed by atoms with Gasteiger partial charge in [0, 0.05) is 0 Å². The minimum atomic E-state index is -1.92. The fraction of sp³-hybridized carbons (Fsp3) is 0.143. The maximum Gasteiger partial charge on any atom is 0.488 e. The number of hydrogen-bond donors (Lipinski definition) is 3. The van der Waals surface area contributed by atoms with Crippen LogP contribution in [0.15, 0.2) is 12.1 Å². The van der Waals surface area contributed by atoms with Gasteiger partial charge >= 0.3 is 7.12 Å². The molecule has 70 valence electrons. The monoisotopic (exact) mass is 188 g/mol. The summed E-state index contributed by atoms with van der Waals surface area (Å²) in [4.78, 5) is 0. The maximum atomic E-state index is 12.6. The molecule has 0 saturated heterocycles. The largest absolute Gasteiger partial charge is 0.488 e. The van der Waals surface area contributed by atoms with Crippen molar-refractivity contribution < 1.29 is 23.9 Å². The Morgan fingerprint density at radius 1 is 1.15 bits per heavy atom. The normalized spacial score (nSPS) is 10.2. The van der Waals surface area contributed by atoms with Crippen molar-refractivity contribution in [3.8, 4) is 0 Å². The van der Waals surface area contributed by atoms with Crippen molar-refractivity contribution in [1.29, 1.82) is 0 Å². The zero-order chi connectivity index (χ0) is 10.0. The molecule has 3 nitrogen and oxygen atoms in total. The van der Waals surface area contributed by atoms with E-state index in [2.05, 4.69) is 0 Å². The van der Waals surface area contributed by atoms with Gasteiger partial charge in [0.05, 0.1) is 6.61 Å². The van der Waals surface area contributed by atoms with E-state index in [9.17, 15) is 8.78 Å². The second kappa shape index (κ2) is 3.82. The molecule has 0 fully saturated rings. The van der Waals surface area contributed by atoms with Gasteiger partial charge in [0.2, 0.25) is 0 Å². The first kappa shape index (κ1) is 10.1. The number of aliphatic hydroxyl groups excluding tert-OH is 1. The standard InChI is InChI=1S/C7H7BF2O3/c9-6-1-4(3-11)5(8(12)13)2-7(6)10/h1-2,11-13H,3H2. The van der Waals surface area contributed by atoms with E-state index in [0.717, 1.165) is 6.07 Å². The first-order valence-electron chi connectivity index (χ1n) is 3.51. The number of hydrogen-bond acceptors (Lipinski definition) is 3. The molecule has 0 aliphatic carbocycles. The van der Waals surface area contributed by atoms with E-state index < -0.39 is 25.4 Å². The van der Waals surface area contributed by atoms with E-state index in [1.54, 1.807) is 0 Å². The highest BCUT2D eigenvalue weighted by atomic mass is 19.2. The Labute approximate surface area is 73.4 Å². The van der Waals surface area contributed by atoms with E-state index in [0.29, 0.717) is 6.07 Å². The summed E-state index contributed by atoms with van der Waals surface area (Å²) < 4.78 is 25.1. The van der Waals surface area contributed by atoms with Crippen LogP contribution in [-0.2, 0) is 6.61 Å². The van der Waals surface area contributed by atoms with Crippen LogP contribution in [0.4, 0.5) is 8.78 Å². The predicted molar refractivity (Wildman–Crippen MR) is 42.1 cm³/mol. The van der Waals surface area contributed by atoms with Gasteiger partial charge in [-0.1, -0.05) is 0 Å². The molecule has 13 heavy (non-hydrogen) atoms. The molecule has 0 saturated carbocycles. The second-order valence-corrected chi connectivity index (χ2v) is 2.50. The molecule has 0 spiro atoms. The van der Waals surface area contributed by atoms with Gasteiger partial charge in [-0.2, -0.15) is 0 Å². The van der Waals surface area contributed by atoms with Crippen molar-refractivity contribution in [2.45, 2.75) is 6.61 Å². The van der Waals surface area contributed by atoms with Crippen molar-refractivity contribution in [1.82, 2.24) is 0 Å². The van der Waals surface area contributed by atoms with Crippen LogP contribution < -0.4 is 5.46 Å². The van der Waals surface area contributed by atoms with Crippen molar-refractivity contribution in [2.75, 3.05) is 0 Å². The topological polar surface area (TPSA) is 60.7 Å². The lowest BCUT2D eigenvalue weighted by Crippen LogP contribution is -2.33. The maximum absolute atomic E-state index is 12.6. The predicted octanol–water partition coefficient (Wildman–Crippen LogP) is -0.863. The minimum absolute atomic E-state index is 0.0473. The quantitative estimate of drug-likeness (QED) is 0.529. The average molecular weight is 188 g/mol. The van der Waals surface area contributed by atoms with Crippen LogP contribution in [0.1, 0.15) is 5.56 Å². The molecule has 0 unspecified atom stereocenters. The molecule has 0 heterocycles. The summed E-state index contributed by atoms with van der Waals surface area (Å²) in [5.41, 5.74) is -0.282. The van der Waals surface area contributed by atoms with Gasteiger partial charge < -0.3 is 15.2 Å². The molecule has 3 N–H and O–H groups in total. The van der Waals surface area contributed by atoms with Gasteiger partial charge in [-0.15, -0.1) is 0 Å². The zero-order valence-corrected chi connectivity index (χ0v) is 6.54. The summed E-state index contributed by atoms with van der Waals surface area (Å²) in [7, 11) is -1.92. The molecule has 0 radical (unpaired) electrons.